The normalized spacial score (nSPS) is 13.9. The van der Waals surface area contributed by atoms with E-state index in [-0.39, 0.29) is 11.7 Å². The van der Waals surface area contributed by atoms with Gasteiger partial charge in [0.1, 0.15) is 5.82 Å². The summed E-state index contributed by atoms with van der Waals surface area (Å²) < 4.78 is 5.47. The predicted octanol–water partition coefficient (Wildman–Crippen LogP) is 3.21. The lowest BCUT2D eigenvalue weighted by Gasteiger charge is -2.28. The first kappa shape index (κ1) is 20.9. The lowest BCUT2D eigenvalue weighted by molar-refractivity contribution is -0.114. The fourth-order valence-electron chi connectivity index (χ4n) is 3.31. The van der Waals surface area contributed by atoms with Crippen LogP contribution in [-0.2, 0) is 16.0 Å². The van der Waals surface area contributed by atoms with Crippen molar-refractivity contribution in [1.82, 2.24) is 15.0 Å². The molecule has 0 unspecified atom stereocenters. The van der Waals surface area contributed by atoms with Gasteiger partial charge in [-0.25, -0.2) is 15.0 Å². The van der Waals surface area contributed by atoms with Crippen LogP contribution >= 0.6 is 0 Å². The fourth-order valence-corrected chi connectivity index (χ4v) is 3.31. The average Bonchev–Trinajstić information content (AvgIpc) is 2.72. The Morgan fingerprint density at radius 1 is 1.17 bits per heavy atom. The lowest BCUT2D eigenvalue weighted by atomic mass is 10.0. The quantitative estimate of drug-likeness (QED) is 0.542. The third-order valence-corrected chi connectivity index (χ3v) is 4.76. The number of pyridine rings is 1. The van der Waals surface area contributed by atoms with Crippen molar-refractivity contribution in [3.63, 3.8) is 0 Å². The van der Waals surface area contributed by atoms with Crippen molar-refractivity contribution in [2.24, 2.45) is 0 Å². The highest BCUT2D eigenvalue weighted by Gasteiger charge is 2.15. The molecule has 0 spiro atoms. The average molecular weight is 396 g/mol. The Kier molecular flexibility index (Phi) is 7.30. The van der Waals surface area contributed by atoms with Crippen molar-refractivity contribution >= 4 is 17.5 Å². The third kappa shape index (κ3) is 6.35. The largest absolute Gasteiger partial charge is 0.378 e. The van der Waals surface area contributed by atoms with Crippen LogP contribution in [0.5, 0.6) is 0 Å². The number of unbranched alkanes of at least 4 members (excludes halogenated alkanes) is 1. The highest BCUT2D eigenvalue weighted by atomic mass is 16.5. The van der Waals surface area contributed by atoms with E-state index in [1.54, 1.807) is 18.5 Å². The molecule has 3 heterocycles. The molecule has 0 amide bonds. The molecule has 0 aromatic carbocycles. The lowest BCUT2D eigenvalue weighted by Crippen LogP contribution is -2.36. The summed E-state index contributed by atoms with van der Waals surface area (Å²) in [4.78, 5) is 27.1. The van der Waals surface area contributed by atoms with Gasteiger partial charge < -0.3 is 15.4 Å². The summed E-state index contributed by atoms with van der Waals surface area (Å²) in [5.74, 6) is 1.39. The van der Waals surface area contributed by atoms with Gasteiger partial charge in [-0.2, -0.15) is 0 Å². The molecule has 2 N–H and O–H groups in total. The molecule has 0 atom stereocenters. The van der Waals surface area contributed by atoms with Gasteiger partial charge in [0.05, 0.1) is 18.9 Å². The molecular formula is C22H29N5O2. The third-order valence-electron chi connectivity index (χ3n) is 4.76. The minimum absolute atomic E-state index is 0.202. The monoisotopic (exact) mass is 395 g/mol. The molecule has 7 heteroatoms. The second kappa shape index (κ2) is 10.1. The van der Waals surface area contributed by atoms with E-state index in [0.717, 1.165) is 55.0 Å². The number of ether oxygens (including phenoxy) is 1. The number of hydrogen-bond acceptors (Lipinski definition) is 7. The minimum Gasteiger partial charge on any atom is -0.378 e. The molecule has 0 aliphatic carbocycles. The summed E-state index contributed by atoms with van der Waals surface area (Å²) in [6.07, 6.45) is 8.44. The predicted molar refractivity (Wildman–Crippen MR) is 115 cm³/mol. The van der Waals surface area contributed by atoms with Crippen molar-refractivity contribution in [2.75, 3.05) is 36.9 Å². The smallest absolute Gasteiger partial charge is 0.219 e. The summed E-state index contributed by atoms with van der Waals surface area (Å²) in [5, 5.41) is 0. The van der Waals surface area contributed by atoms with E-state index in [0.29, 0.717) is 19.6 Å². The van der Waals surface area contributed by atoms with Crippen LogP contribution in [0.2, 0.25) is 0 Å². The summed E-state index contributed by atoms with van der Waals surface area (Å²) in [5.41, 5.74) is 9.55. The van der Waals surface area contributed by atoms with E-state index in [1.165, 1.54) is 5.56 Å². The highest BCUT2D eigenvalue weighted by Crippen LogP contribution is 2.24. The first-order valence-electron chi connectivity index (χ1n) is 10.1. The summed E-state index contributed by atoms with van der Waals surface area (Å²) in [7, 11) is 0. The van der Waals surface area contributed by atoms with Crippen LogP contribution in [0.3, 0.4) is 0 Å². The molecule has 2 aromatic heterocycles. The second-order valence-electron chi connectivity index (χ2n) is 7.54. The maximum Gasteiger partial charge on any atom is 0.219 e. The van der Waals surface area contributed by atoms with E-state index < -0.39 is 0 Å². The summed E-state index contributed by atoms with van der Waals surface area (Å²) in [6.45, 7) is 6.96. The molecule has 29 heavy (non-hydrogen) atoms. The fraction of sp³-hybridized carbons (Fsp3) is 0.455. The van der Waals surface area contributed by atoms with Crippen LogP contribution in [0.25, 0.3) is 11.3 Å². The number of aryl methyl sites for hydroxylation is 1. The summed E-state index contributed by atoms with van der Waals surface area (Å²) in [6, 6.07) is 4.22. The van der Waals surface area contributed by atoms with Crippen LogP contribution in [0.4, 0.5) is 11.8 Å². The maximum atomic E-state index is 11.9. The van der Waals surface area contributed by atoms with E-state index in [4.69, 9.17) is 15.5 Å². The molecule has 1 aliphatic heterocycles. The zero-order valence-corrected chi connectivity index (χ0v) is 17.2. The number of allylic oxidation sites excluding steroid dienone is 2. The van der Waals surface area contributed by atoms with Gasteiger partial charge in [0.25, 0.3) is 0 Å². The molecule has 0 bridgehead atoms. The van der Waals surface area contributed by atoms with E-state index in [9.17, 15) is 4.79 Å². The van der Waals surface area contributed by atoms with Crippen LogP contribution in [0.1, 0.15) is 38.7 Å². The Bertz CT molecular complexity index is 854. The molecule has 154 valence electrons. The van der Waals surface area contributed by atoms with Gasteiger partial charge in [0.15, 0.2) is 5.78 Å². The van der Waals surface area contributed by atoms with Crippen molar-refractivity contribution in [3.8, 4) is 11.3 Å². The number of anilines is 2. The van der Waals surface area contributed by atoms with Gasteiger partial charge in [-0.05, 0) is 56.9 Å². The number of nitrogens with two attached hydrogens (primary N) is 1. The number of morpholine rings is 1. The van der Waals surface area contributed by atoms with Gasteiger partial charge >= 0.3 is 0 Å². The van der Waals surface area contributed by atoms with Crippen molar-refractivity contribution in [2.45, 2.75) is 39.5 Å². The number of rotatable bonds is 8. The Hall–Kier alpha value is -2.80. The van der Waals surface area contributed by atoms with Crippen molar-refractivity contribution in [1.29, 1.82) is 0 Å². The zero-order chi connectivity index (χ0) is 20.6. The highest BCUT2D eigenvalue weighted by molar-refractivity contribution is 5.90. The maximum absolute atomic E-state index is 11.9. The number of hydrogen-bond donors (Lipinski definition) is 1. The molecule has 1 aliphatic rings. The molecule has 2 aromatic rings. The molecule has 0 saturated carbocycles. The van der Waals surface area contributed by atoms with Crippen molar-refractivity contribution in [3.05, 3.63) is 41.7 Å². The minimum atomic E-state index is 0.202. The topological polar surface area (TPSA) is 94.2 Å². The molecule has 1 fully saturated rings. The van der Waals surface area contributed by atoms with Gasteiger partial charge in [-0.3, -0.25) is 4.79 Å². The molecular weight excluding hydrogens is 366 g/mol. The van der Waals surface area contributed by atoms with Crippen LogP contribution < -0.4 is 10.6 Å². The van der Waals surface area contributed by atoms with E-state index >= 15 is 0 Å². The first-order chi connectivity index (χ1) is 14.0. The Balaban J connectivity index is 1.74. The number of nitrogen functional groups attached to an aromatic ring is 1. The van der Waals surface area contributed by atoms with Gasteiger partial charge in [0, 0.05) is 37.5 Å². The second-order valence-corrected chi connectivity index (χ2v) is 7.54. The van der Waals surface area contributed by atoms with Crippen LogP contribution in [0.15, 0.2) is 36.2 Å². The van der Waals surface area contributed by atoms with Gasteiger partial charge in [-0.1, -0.05) is 5.57 Å². The number of nitrogens with zero attached hydrogens (tertiary/aromatic N) is 4. The molecule has 3 rings (SSSR count). The Morgan fingerprint density at radius 2 is 1.90 bits per heavy atom. The van der Waals surface area contributed by atoms with Gasteiger partial charge in [-0.15, -0.1) is 0 Å². The molecule has 7 nitrogen and oxygen atoms in total. The SMILES string of the molecule is CC(C)=CC(=O)CCCCc1cc(-c2cnc(N)nc2)nc(N2CCOCC2)c1. The number of aromatic nitrogens is 3. The summed E-state index contributed by atoms with van der Waals surface area (Å²) >= 11 is 0. The van der Waals surface area contributed by atoms with Crippen LogP contribution in [-0.4, -0.2) is 47.0 Å². The first-order valence-corrected chi connectivity index (χ1v) is 10.1. The molecule has 1 saturated heterocycles. The number of carbonyl (C=O) groups excluding carboxylic acids is 1. The van der Waals surface area contributed by atoms with E-state index in [2.05, 4.69) is 27.0 Å². The van der Waals surface area contributed by atoms with E-state index in [1.807, 2.05) is 13.8 Å². The molecule has 0 radical (unpaired) electrons. The Morgan fingerprint density at radius 3 is 2.59 bits per heavy atom. The van der Waals surface area contributed by atoms with Gasteiger partial charge in [0.2, 0.25) is 5.95 Å². The van der Waals surface area contributed by atoms with Crippen molar-refractivity contribution < 1.29 is 9.53 Å². The number of ketones is 1. The standard InChI is InChI=1S/C22H29N5O2/c1-16(2)11-19(28)6-4-3-5-17-12-20(18-14-24-22(23)25-15-18)26-21(13-17)27-7-9-29-10-8-27/h11-15H,3-10H2,1-2H3,(H2,23,24,25). The zero-order valence-electron chi connectivity index (χ0n) is 17.2. The Labute approximate surface area is 172 Å². The number of carbonyl (C=O) groups is 1. The van der Waals surface area contributed by atoms with Crippen LogP contribution in [0, 0.1) is 0 Å².